The van der Waals surface area contributed by atoms with Gasteiger partial charge in [0.2, 0.25) is 0 Å². The molecule has 1 aliphatic rings. The average molecular weight is 221 g/mol. The molecule has 88 valence electrons. The molecule has 1 saturated heterocycles. The van der Waals surface area contributed by atoms with Gasteiger partial charge in [0.15, 0.2) is 5.79 Å². The van der Waals surface area contributed by atoms with E-state index in [-0.39, 0.29) is 6.10 Å². The molecule has 0 saturated carbocycles. The van der Waals surface area contributed by atoms with Crippen molar-refractivity contribution in [3.63, 3.8) is 0 Å². The van der Waals surface area contributed by atoms with E-state index >= 15 is 0 Å². The van der Waals surface area contributed by atoms with Gasteiger partial charge in [-0.15, -0.1) is 0 Å². The molecular formula is C13H19NO2. The van der Waals surface area contributed by atoms with Gasteiger partial charge in [-0.3, -0.25) is 0 Å². The van der Waals surface area contributed by atoms with Crippen LogP contribution in [0.2, 0.25) is 0 Å². The zero-order chi connectivity index (χ0) is 11.4. The van der Waals surface area contributed by atoms with Crippen LogP contribution in [-0.2, 0) is 16.0 Å². The lowest BCUT2D eigenvalue weighted by Crippen LogP contribution is -2.30. The van der Waals surface area contributed by atoms with Crippen molar-refractivity contribution in [1.29, 1.82) is 0 Å². The van der Waals surface area contributed by atoms with Gasteiger partial charge in [-0.2, -0.15) is 0 Å². The quantitative estimate of drug-likeness (QED) is 0.842. The molecule has 2 rings (SSSR count). The Morgan fingerprint density at radius 1 is 1.31 bits per heavy atom. The summed E-state index contributed by atoms with van der Waals surface area (Å²) in [4.78, 5) is 0. The molecule has 1 aromatic carbocycles. The lowest BCUT2D eigenvalue weighted by Gasteiger charge is -2.17. The van der Waals surface area contributed by atoms with Crippen molar-refractivity contribution >= 4 is 0 Å². The molecule has 0 bridgehead atoms. The van der Waals surface area contributed by atoms with E-state index in [0.29, 0.717) is 6.61 Å². The fourth-order valence-electron chi connectivity index (χ4n) is 1.84. The third kappa shape index (κ3) is 3.30. The van der Waals surface area contributed by atoms with E-state index in [1.165, 1.54) is 5.56 Å². The molecule has 3 nitrogen and oxygen atoms in total. The molecular weight excluding hydrogens is 202 g/mol. The first-order valence-electron chi connectivity index (χ1n) is 5.72. The van der Waals surface area contributed by atoms with Gasteiger partial charge in [0.25, 0.3) is 0 Å². The van der Waals surface area contributed by atoms with Crippen LogP contribution in [0.3, 0.4) is 0 Å². The monoisotopic (exact) mass is 221 g/mol. The van der Waals surface area contributed by atoms with Crippen LogP contribution in [0.15, 0.2) is 30.3 Å². The second kappa shape index (κ2) is 4.95. The highest BCUT2D eigenvalue weighted by atomic mass is 16.7. The summed E-state index contributed by atoms with van der Waals surface area (Å²) in [7, 11) is 0. The molecule has 0 aliphatic carbocycles. The normalized spacial score (nSPS) is 23.5. The second-order valence-electron chi connectivity index (χ2n) is 4.57. The molecule has 0 unspecified atom stereocenters. The fourth-order valence-corrected chi connectivity index (χ4v) is 1.84. The first-order valence-corrected chi connectivity index (χ1v) is 5.72. The summed E-state index contributed by atoms with van der Waals surface area (Å²) < 4.78 is 11.2. The molecule has 0 spiro atoms. The SMILES string of the molecule is CC1(C)OC[C@@H](CNCc2ccccc2)O1. The summed E-state index contributed by atoms with van der Waals surface area (Å²) in [5.74, 6) is -0.418. The van der Waals surface area contributed by atoms with Gasteiger partial charge in [0.1, 0.15) is 0 Å². The van der Waals surface area contributed by atoms with Crippen LogP contribution in [0.5, 0.6) is 0 Å². The van der Waals surface area contributed by atoms with Gasteiger partial charge in [0.05, 0.1) is 12.7 Å². The van der Waals surface area contributed by atoms with Crippen molar-refractivity contribution < 1.29 is 9.47 Å². The topological polar surface area (TPSA) is 30.5 Å². The van der Waals surface area contributed by atoms with Crippen LogP contribution in [0.4, 0.5) is 0 Å². The van der Waals surface area contributed by atoms with Crippen LogP contribution in [-0.4, -0.2) is 25.0 Å². The highest BCUT2D eigenvalue weighted by molar-refractivity contribution is 5.14. The van der Waals surface area contributed by atoms with Crippen molar-refractivity contribution in [3.8, 4) is 0 Å². The predicted octanol–water partition coefficient (Wildman–Crippen LogP) is 1.93. The van der Waals surface area contributed by atoms with E-state index < -0.39 is 5.79 Å². The Kier molecular flexibility index (Phi) is 3.59. The molecule has 1 aromatic rings. The molecule has 16 heavy (non-hydrogen) atoms. The van der Waals surface area contributed by atoms with Gasteiger partial charge in [-0.25, -0.2) is 0 Å². The summed E-state index contributed by atoms with van der Waals surface area (Å²) >= 11 is 0. The maximum Gasteiger partial charge on any atom is 0.163 e. The Morgan fingerprint density at radius 2 is 2.06 bits per heavy atom. The highest BCUT2D eigenvalue weighted by Crippen LogP contribution is 2.21. The molecule has 3 heteroatoms. The number of rotatable bonds is 4. The molecule has 1 N–H and O–H groups in total. The van der Waals surface area contributed by atoms with Crippen molar-refractivity contribution in [3.05, 3.63) is 35.9 Å². The largest absolute Gasteiger partial charge is 0.348 e. The van der Waals surface area contributed by atoms with E-state index in [4.69, 9.17) is 9.47 Å². The Labute approximate surface area is 96.8 Å². The van der Waals surface area contributed by atoms with E-state index in [9.17, 15) is 0 Å². The summed E-state index contributed by atoms with van der Waals surface area (Å²) in [5, 5.41) is 3.38. The highest BCUT2D eigenvalue weighted by Gasteiger charge is 2.32. The van der Waals surface area contributed by atoms with Crippen LogP contribution in [0.25, 0.3) is 0 Å². The average Bonchev–Trinajstić information content (AvgIpc) is 2.60. The van der Waals surface area contributed by atoms with Gasteiger partial charge >= 0.3 is 0 Å². The molecule has 1 aliphatic heterocycles. The van der Waals surface area contributed by atoms with Gasteiger partial charge < -0.3 is 14.8 Å². The molecule has 0 amide bonds. The maximum atomic E-state index is 5.70. The number of benzene rings is 1. The number of nitrogens with one attached hydrogen (secondary N) is 1. The van der Waals surface area contributed by atoms with Crippen LogP contribution in [0.1, 0.15) is 19.4 Å². The van der Waals surface area contributed by atoms with E-state index in [1.54, 1.807) is 0 Å². The van der Waals surface area contributed by atoms with Crippen molar-refractivity contribution in [2.24, 2.45) is 0 Å². The molecule has 1 heterocycles. The lowest BCUT2D eigenvalue weighted by molar-refractivity contribution is -0.137. The summed E-state index contributed by atoms with van der Waals surface area (Å²) in [6.45, 7) is 6.28. The Balaban J connectivity index is 1.70. The van der Waals surface area contributed by atoms with Gasteiger partial charge in [-0.05, 0) is 19.4 Å². The Morgan fingerprint density at radius 3 is 2.69 bits per heavy atom. The standard InChI is InChI=1S/C13H19NO2/c1-13(2)15-10-12(16-13)9-14-8-11-6-4-3-5-7-11/h3-7,12,14H,8-10H2,1-2H3/t12-/m1/s1. The Hall–Kier alpha value is -0.900. The zero-order valence-corrected chi connectivity index (χ0v) is 9.90. The molecule has 0 radical (unpaired) electrons. The third-order valence-electron chi connectivity index (χ3n) is 2.61. The van der Waals surface area contributed by atoms with Crippen molar-refractivity contribution in [1.82, 2.24) is 5.32 Å². The summed E-state index contributed by atoms with van der Waals surface area (Å²) in [5.41, 5.74) is 1.29. The smallest absolute Gasteiger partial charge is 0.163 e. The summed E-state index contributed by atoms with van der Waals surface area (Å²) in [6.07, 6.45) is 0.165. The van der Waals surface area contributed by atoms with E-state index in [1.807, 2.05) is 19.9 Å². The second-order valence-corrected chi connectivity index (χ2v) is 4.57. The van der Waals surface area contributed by atoms with Gasteiger partial charge in [-0.1, -0.05) is 30.3 Å². The first-order chi connectivity index (χ1) is 7.66. The van der Waals surface area contributed by atoms with Crippen molar-refractivity contribution in [2.45, 2.75) is 32.3 Å². The lowest BCUT2D eigenvalue weighted by atomic mass is 10.2. The zero-order valence-electron chi connectivity index (χ0n) is 9.90. The van der Waals surface area contributed by atoms with E-state index in [0.717, 1.165) is 13.1 Å². The molecule has 1 atom stereocenters. The van der Waals surface area contributed by atoms with E-state index in [2.05, 4.69) is 29.6 Å². The maximum absolute atomic E-state index is 5.70. The van der Waals surface area contributed by atoms with Gasteiger partial charge in [0, 0.05) is 13.1 Å². The number of ether oxygens (including phenoxy) is 2. The number of hydrogen-bond donors (Lipinski definition) is 1. The van der Waals surface area contributed by atoms with Crippen LogP contribution < -0.4 is 5.32 Å². The molecule has 0 aromatic heterocycles. The molecule has 1 fully saturated rings. The summed E-state index contributed by atoms with van der Waals surface area (Å²) in [6, 6.07) is 10.4. The minimum atomic E-state index is -0.418. The third-order valence-corrected chi connectivity index (χ3v) is 2.61. The first kappa shape index (κ1) is 11.6. The minimum Gasteiger partial charge on any atom is -0.348 e. The van der Waals surface area contributed by atoms with Crippen LogP contribution in [0, 0.1) is 0 Å². The van der Waals surface area contributed by atoms with Crippen LogP contribution >= 0.6 is 0 Å². The number of hydrogen-bond acceptors (Lipinski definition) is 3. The van der Waals surface area contributed by atoms with Crippen molar-refractivity contribution in [2.75, 3.05) is 13.2 Å². The minimum absolute atomic E-state index is 0.165. The Bertz CT molecular complexity index is 324. The fraction of sp³-hybridized carbons (Fsp3) is 0.538. The predicted molar refractivity (Wildman–Crippen MR) is 63.1 cm³/mol.